The Bertz CT molecular complexity index is 594. The van der Waals surface area contributed by atoms with Crippen molar-refractivity contribution in [2.24, 2.45) is 0 Å². The molecular formula is C14H12N2O4. The maximum absolute atomic E-state index is 12.1. The Morgan fingerprint density at radius 2 is 1.80 bits per heavy atom. The topological polar surface area (TPSA) is 86.7 Å². The van der Waals surface area contributed by atoms with E-state index in [0.29, 0.717) is 11.1 Å². The first kappa shape index (κ1) is 13.8. The number of carbonyl (C=O) groups excluding carboxylic acids is 3. The minimum absolute atomic E-state index is 0.128. The molecule has 0 saturated carbocycles. The predicted molar refractivity (Wildman–Crippen MR) is 69.5 cm³/mol. The van der Waals surface area contributed by atoms with Crippen molar-refractivity contribution >= 4 is 17.7 Å². The zero-order chi connectivity index (χ0) is 14.5. The van der Waals surface area contributed by atoms with Gasteiger partial charge in [-0.2, -0.15) is 0 Å². The maximum atomic E-state index is 12.1. The monoisotopic (exact) mass is 272 g/mol. The van der Waals surface area contributed by atoms with E-state index in [9.17, 15) is 14.4 Å². The summed E-state index contributed by atoms with van der Waals surface area (Å²) >= 11 is 0. The molecule has 6 nitrogen and oxygen atoms in total. The fourth-order valence-corrected chi connectivity index (χ4v) is 1.80. The van der Waals surface area contributed by atoms with Crippen molar-refractivity contribution in [3.63, 3.8) is 0 Å². The molecule has 0 aliphatic carbocycles. The Morgan fingerprint density at radius 3 is 2.35 bits per heavy atom. The van der Waals surface area contributed by atoms with E-state index in [1.807, 2.05) is 0 Å². The molecule has 0 radical (unpaired) electrons. The summed E-state index contributed by atoms with van der Waals surface area (Å²) in [5, 5.41) is 10.7. The first-order valence-corrected chi connectivity index (χ1v) is 5.92. The molecule has 1 aromatic rings. The molecule has 102 valence electrons. The van der Waals surface area contributed by atoms with Gasteiger partial charge in [-0.25, -0.2) is 0 Å². The second-order valence-corrected chi connectivity index (χ2v) is 4.17. The second kappa shape index (κ2) is 5.99. The molecule has 1 aliphatic heterocycles. The van der Waals surface area contributed by atoms with Crippen LogP contribution in [0, 0.1) is 11.8 Å². The number of piperazine rings is 1. The molecular weight excluding hydrogens is 260 g/mol. The van der Waals surface area contributed by atoms with E-state index in [0.717, 1.165) is 0 Å². The molecule has 6 heteroatoms. The van der Waals surface area contributed by atoms with Crippen LogP contribution in [0.4, 0.5) is 0 Å². The second-order valence-electron chi connectivity index (χ2n) is 4.17. The molecule has 0 unspecified atom stereocenters. The van der Waals surface area contributed by atoms with Crippen LogP contribution >= 0.6 is 0 Å². The number of carbonyl (C=O) groups is 3. The average Bonchev–Trinajstić information content (AvgIpc) is 2.44. The lowest BCUT2D eigenvalue weighted by molar-refractivity contribution is -0.135. The summed E-state index contributed by atoms with van der Waals surface area (Å²) in [7, 11) is 0. The zero-order valence-electron chi connectivity index (χ0n) is 10.5. The molecule has 2 rings (SSSR count). The Kier molecular flexibility index (Phi) is 4.13. The SMILES string of the molecule is O=C1CN(C(=O)c2ccc(C#CCO)cc2)CC(=O)N1. The minimum atomic E-state index is -0.486. The molecule has 1 saturated heterocycles. The van der Waals surface area contributed by atoms with Crippen molar-refractivity contribution < 1.29 is 19.5 Å². The third-order valence-electron chi connectivity index (χ3n) is 2.68. The predicted octanol–water partition coefficient (Wildman–Crippen LogP) is -0.871. The van der Waals surface area contributed by atoms with Gasteiger partial charge < -0.3 is 10.0 Å². The number of benzene rings is 1. The fraction of sp³-hybridized carbons (Fsp3) is 0.214. The van der Waals surface area contributed by atoms with Crippen LogP contribution in [0.1, 0.15) is 15.9 Å². The summed E-state index contributed by atoms with van der Waals surface area (Å²) in [5.41, 5.74) is 1.05. The van der Waals surface area contributed by atoms with Gasteiger partial charge in [-0.3, -0.25) is 19.7 Å². The van der Waals surface area contributed by atoms with Crippen LogP contribution in [-0.4, -0.2) is 47.4 Å². The van der Waals surface area contributed by atoms with Crippen LogP contribution in [-0.2, 0) is 9.59 Å². The van der Waals surface area contributed by atoms with Crippen molar-refractivity contribution in [2.45, 2.75) is 0 Å². The van der Waals surface area contributed by atoms with Crippen molar-refractivity contribution in [2.75, 3.05) is 19.7 Å². The first-order chi connectivity index (χ1) is 9.60. The van der Waals surface area contributed by atoms with Gasteiger partial charge in [0.05, 0.1) is 0 Å². The van der Waals surface area contributed by atoms with E-state index >= 15 is 0 Å². The Labute approximate surface area is 115 Å². The van der Waals surface area contributed by atoms with E-state index < -0.39 is 11.8 Å². The van der Waals surface area contributed by atoms with E-state index in [4.69, 9.17) is 5.11 Å². The van der Waals surface area contributed by atoms with Crippen molar-refractivity contribution in [3.05, 3.63) is 35.4 Å². The van der Waals surface area contributed by atoms with Gasteiger partial charge in [0.25, 0.3) is 5.91 Å². The molecule has 1 heterocycles. The summed E-state index contributed by atoms with van der Waals surface area (Å²) in [6.45, 7) is -0.487. The van der Waals surface area contributed by atoms with Crippen LogP contribution in [0.5, 0.6) is 0 Å². The summed E-state index contributed by atoms with van der Waals surface area (Å²) < 4.78 is 0. The zero-order valence-corrected chi connectivity index (χ0v) is 10.5. The lowest BCUT2D eigenvalue weighted by Crippen LogP contribution is -2.53. The molecule has 0 aromatic heterocycles. The van der Waals surface area contributed by atoms with Crippen LogP contribution in [0.15, 0.2) is 24.3 Å². The minimum Gasteiger partial charge on any atom is -0.384 e. The first-order valence-electron chi connectivity index (χ1n) is 5.92. The van der Waals surface area contributed by atoms with Crippen molar-refractivity contribution in [1.29, 1.82) is 0 Å². The smallest absolute Gasteiger partial charge is 0.254 e. The van der Waals surface area contributed by atoms with E-state index in [-0.39, 0.29) is 25.6 Å². The Balaban J connectivity index is 2.12. The number of amides is 3. The molecule has 1 fully saturated rings. The highest BCUT2D eigenvalue weighted by molar-refractivity contribution is 6.05. The van der Waals surface area contributed by atoms with Gasteiger partial charge >= 0.3 is 0 Å². The van der Waals surface area contributed by atoms with Gasteiger partial charge in [-0.1, -0.05) is 11.8 Å². The highest BCUT2D eigenvalue weighted by Crippen LogP contribution is 2.08. The summed E-state index contributed by atoms with van der Waals surface area (Å²) in [4.78, 5) is 35.8. The number of nitrogens with one attached hydrogen (secondary N) is 1. The third kappa shape index (κ3) is 3.22. The standard InChI is InChI=1S/C14H12N2O4/c17-7-1-2-10-3-5-11(6-4-10)14(20)16-8-12(18)15-13(19)9-16/h3-6,17H,7-9H2,(H,15,18,19). The molecule has 2 N–H and O–H groups in total. The van der Waals surface area contributed by atoms with E-state index in [1.165, 1.54) is 4.90 Å². The van der Waals surface area contributed by atoms with E-state index in [2.05, 4.69) is 17.2 Å². The molecule has 3 amide bonds. The van der Waals surface area contributed by atoms with Gasteiger partial charge in [0.2, 0.25) is 11.8 Å². The summed E-state index contributed by atoms with van der Waals surface area (Å²) in [6, 6.07) is 6.42. The number of rotatable bonds is 1. The molecule has 0 bridgehead atoms. The van der Waals surface area contributed by atoms with Gasteiger partial charge in [-0.15, -0.1) is 0 Å². The number of imide groups is 1. The summed E-state index contributed by atoms with van der Waals surface area (Å²) in [6.07, 6.45) is 0. The van der Waals surface area contributed by atoms with Crippen LogP contribution in [0.25, 0.3) is 0 Å². The molecule has 0 spiro atoms. The number of nitrogens with zero attached hydrogens (tertiary/aromatic N) is 1. The third-order valence-corrected chi connectivity index (χ3v) is 2.68. The normalized spacial score (nSPS) is 14.3. The molecule has 20 heavy (non-hydrogen) atoms. The Morgan fingerprint density at radius 1 is 1.20 bits per heavy atom. The fourth-order valence-electron chi connectivity index (χ4n) is 1.80. The highest BCUT2D eigenvalue weighted by atomic mass is 16.2. The van der Waals surface area contributed by atoms with Gasteiger partial charge in [0.15, 0.2) is 0 Å². The van der Waals surface area contributed by atoms with Crippen LogP contribution in [0.2, 0.25) is 0 Å². The largest absolute Gasteiger partial charge is 0.384 e. The Hall–Kier alpha value is -2.65. The highest BCUT2D eigenvalue weighted by Gasteiger charge is 2.26. The average molecular weight is 272 g/mol. The van der Waals surface area contributed by atoms with Crippen LogP contribution < -0.4 is 5.32 Å². The number of aliphatic hydroxyl groups excluding tert-OH is 1. The maximum Gasteiger partial charge on any atom is 0.254 e. The van der Waals surface area contributed by atoms with E-state index in [1.54, 1.807) is 24.3 Å². The lowest BCUT2D eigenvalue weighted by Gasteiger charge is -2.25. The van der Waals surface area contributed by atoms with Crippen molar-refractivity contribution in [1.82, 2.24) is 10.2 Å². The molecule has 1 aromatic carbocycles. The lowest BCUT2D eigenvalue weighted by atomic mass is 10.1. The summed E-state index contributed by atoms with van der Waals surface area (Å²) in [5.74, 6) is 3.86. The molecule has 0 atom stereocenters. The van der Waals surface area contributed by atoms with Gasteiger partial charge in [0.1, 0.15) is 19.7 Å². The van der Waals surface area contributed by atoms with Crippen molar-refractivity contribution in [3.8, 4) is 11.8 Å². The quantitative estimate of drug-likeness (QED) is 0.514. The van der Waals surface area contributed by atoms with Gasteiger partial charge in [0, 0.05) is 11.1 Å². The number of hydrogen-bond donors (Lipinski definition) is 2. The number of aliphatic hydroxyl groups is 1. The van der Waals surface area contributed by atoms with Crippen LogP contribution in [0.3, 0.4) is 0 Å². The number of hydrogen-bond acceptors (Lipinski definition) is 4. The van der Waals surface area contributed by atoms with Gasteiger partial charge in [-0.05, 0) is 24.3 Å². The molecule has 1 aliphatic rings.